The molecule has 0 N–H and O–H groups in total. The zero-order valence-electron chi connectivity index (χ0n) is 34.0. The summed E-state index contributed by atoms with van der Waals surface area (Å²) in [5, 5.41) is 2.25. The molecule has 0 fully saturated rings. The van der Waals surface area contributed by atoms with Gasteiger partial charge in [0.15, 0.2) is 0 Å². The Hall–Kier alpha value is -7.99. The Labute approximate surface area is 380 Å². The summed E-state index contributed by atoms with van der Waals surface area (Å²) in [4.78, 5) is 10.6. The van der Waals surface area contributed by atoms with Crippen molar-refractivity contribution in [3.63, 3.8) is 0 Å². The SMILES string of the molecule is [Pt+2].[c-]1c(-n2c3[c-]c(-n4c5c(-c6ccccc6)cccc5n5c6ccccc6nc45)ccc3c3ccccc32)cccc1-n1c2c(-c3ccccc3)cccc2n2c3ccccc3nc12. The molecule has 0 bridgehead atoms. The summed E-state index contributed by atoms with van der Waals surface area (Å²) in [6, 6.07) is 78.5. The molecule has 0 aliphatic rings. The van der Waals surface area contributed by atoms with E-state index < -0.39 is 0 Å². The number of imidazole rings is 4. The molecule has 14 rings (SSSR count). The molecule has 0 saturated carbocycles. The van der Waals surface area contributed by atoms with Gasteiger partial charge in [-0.15, -0.1) is 35.7 Å². The van der Waals surface area contributed by atoms with Crippen LogP contribution >= 0.6 is 0 Å². The average Bonchev–Trinajstić information content (AvgIpc) is 4.14. The van der Waals surface area contributed by atoms with Crippen LogP contribution < -0.4 is 0 Å². The molecule has 302 valence electrons. The van der Waals surface area contributed by atoms with Crippen molar-refractivity contribution in [2.24, 2.45) is 0 Å². The van der Waals surface area contributed by atoms with E-state index in [0.717, 1.165) is 117 Å². The molecule has 5 aromatic heterocycles. The maximum Gasteiger partial charge on any atom is 2.00 e. The van der Waals surface area contributed by atoms with E-state index in [1.54, 1.807) is 0 Å². The minimum atomic E-state index is 0. The molecule has 0 radical (unpaired) electrons. The van der Waals surface area contributed by atoms with Gasteiger partial charge in [0.25, 0.3) is 0 Å². The summed E-state index contributed by atoms with van der Waals surface area (Å²) >= 11 is 0. The van der Waals surface area contributed by atoms with Crippen molar-refractivity contribution < 1.29 is 21.1 Å². The largest absolute Gasteiger partial charge is 2.00 e. The first kappa shape index (κ1) is 36.6. The van der Waals surface area contributed by atoms with Gasteiger partial charge in [-0.1, -0.05) is 150 Å². The summed E-state index contributed by atoms with van der Waals surface area (Å²) in [6.45, 7) is 0. The van der Waals surface area contributed by atoms with Gasteiger partial charge >= 0.3 is 21.1 Å². The van der Waals surface area contributed by atoms with Crippen LogP contribution in [0.2, 0.25) is 0 Å². The zero-order chi connectivity index (χ0) is 41.2. The molecule has 64 heavy (non-hydrogen) atoms. The Morgan fingerprint density at radius 3 is 1.36 bits per heavy atom. The number of para-hydroxylation sites is 7. The molecule has 0 amide bonds. The second kappa shape index (κ2) is 14.0. The van der Waals surface area contributed by atoms with Gasteiger partial charge in [-0.2, -0.15) is 12.1 Å². The van der Waals surface area contributed by atoms with Crippen LogP contribution in [0, 0.1) is 12.1 Å². The Morgan fingerprint density at radius 2 is 0.781 bits per heavy atom. The summed E-state index contributed by atoms with van der Waals surface area (Å²) in [7, 11) is 0. The summed E-state index contributed by atoms with van der Waals surface area (Å²) < 4.78 is 11.4. The number of hydrogen-bond acceptors (Lipinski definition) is 2. The Balaban J connectivity index is 0.00000413. The molecular formula is C56H33N7Pt. The fraction of sp³-hybridized carbons (Fsp3) is 0. The standard InChI is InChI=1S/C56H33N7.Pt/c1-3-16-36(17-4-1)41-23-14-30-50-53(41)60(55-57-45-25-8-11-28-48(45)62(50)55)39-21-13-20-38(34-39)59-47-27-10-7-22-43(47)44-33-32-40(35-52(44)59)61-54-42(37-18-5-2-6-19-37)24-15-31-51(54)63-49-29-12-9-26-46(49)58-56(61)63;/h1-33H;/q-2;+2. The first-order valence-corrected chi connectivity index (χ1v) is 21.2. The number of fused-ring (bicyclic) bond motifs is 13. The number of nitrogens with zero attached hydrogens (tertiary/aromatic N) is 7. The molecule has 14 aromatic rings. The molecule has 0 unspecified atom stereocenters. The third kappa shape index (κ3) is 5.13. The minimum Gasteiger partial charge on any atom is -0.358 e. The van der Waals surface area contributed by atoms with E-state index in [1.807, 2.05) is 0 Å². The number of rotatable bonds is 5. The maximum atomic E-state index is 5.28. The van der Waals surface area contributed by atoms with E-state index in [4.69, 9.17) is 9.97 Å². The topological polar surface area (TPSA) is 49.4 Å². The Kier molecular flexibility index (Phi) is 8.02. The average molecular weight is 999 g/mol. The summed E-state index contributed by atoms with van der Waals surface area (Å²) in [6.07, 6.45) is 0. The summed E-state index contributed by atoms with van der Waals surface area (Å²) in [5.41, 5.74) is 17.6. The first-order valence-electron chi connectivity index (χ1n) is 21.2. The fourth-order valence-corrected chi connectivity index (χ4v) is 10.0. The molecule has 0 atom stereocenters. The first-order chi connectivity index (χ1) is 31.3. The predicted molar refractivity (Wildman–Crippen MR) is 256 cm³/mol. The molecule has 0 aliphatic heterocycles. The third-order valence-corrected chi connectivity index (χ3v) is 12.7. The Morgan fingerprint density at radius 1 is 0.328 bits per heavy atom. The van der Waals surface area contributed by atoms with Crippen molar-refractivity contribution in [1.82, 2.24) is 32.5 Å². The van der Waals surface area contributed by atoms with Gasteiger partial charge in [-0.3, -0.25) is 8.80 Å². The van der Waals surface area contributed by atoms with Crippen LogP contribution in [0.1, 0.15) is 0 Å². The van der Waals surface area contributed by atoms with Gasteiger partial charge in [-0.25, -0.2) is 9.97 Å². The fourth-order valence-electron chi connectivity index (χ4n) is 10.0. The van der Waals surface area contributed by atoms with Gasteiger partial charge < -0.3 is 13.7 Å². The second-order valence-corrected chi connectivity index (χ2v) is 16.1. The zero-order valence-corrected chi connectivity index (χ0v) is 36.3. The molecule has 0 spiro atoms. The van der Waals surface area contributed by atoms with Crippen LogP contribution in [0.3, 0.4) is 0 Å². The van der Waals surface area contributed by atoms with Crippen LogP contribution in [0.25, 0.3) is 117 Å². The normalized spacial score (nSPS) is 11.9. The number of benzene rings is 9. The van der Waals surface area contributed by atoms with Crippen molar-refractivity contribution in [3.05, 3.63) is 212 Å². The van der Waals surface area contributed by atoms with E-state index in [0.29, 0.717) is 0 Å². The van der Waals surface area contributed by atoms with Gasteiger partial charge in [0, 0.05) is 16.6 Å². The molecule has 7 nitrogen and oxygen atoms in total. The van der Waals surface area contributed by atoms with Gasteiger partial charge in [0.1, 0.15) is 0 Å². The van der Waals surface area contributed by atoms with Crippen molar-refractivity contribution in [2.45, 2.75) is 0 Å². The number of hydrogen-bond donors (Lipinski definition) is 0. The van der Waals surface area contributed by atoms with E-state index >= 15 is 0 Å². The predicted octanol–water partition coefficient (Wildman–Crippen LogP) is 13.2. The molecule has 5 heterocycles. The van der Waals surface area contributed by atoms with Crippen LogP contribution in [-0.4, -0.2) is 32.5 Å². The van der Waals surface area contributed by atoms with E-state index in [-0.39, 0.29) is 21.1 Å². The van der Waals surface area contributed by atoms with Gasteiger partial charge in [-0.05, 0) is 59.0 Å². The Bertz CT molecular complexity index is 4150. The smallest absolute Gasteiger partial charge is 0.358 e. The molecule has 8 heteroatoms. The van der Waals surface area contributed by atoms with Gasteiger partial charge in [0.2, 0.25) is 11.6 Å². The second-order valence-electron chi connectivity index (χ2n) is 16.1. The van der Waals surface area contributed by atoms with Gasteiger partial charge in [0.05, 0.1) is 44.1 Å². The van der Waals surface area contributed by atoms with E-state index in [9.17, 15) is 0 Å². The third-order valence-electron chi connectivity index (χ3n) is 12.7. The maximum absolute atomic E-state index is 5.28. The monoisotopic (exact) mass is 998 g/mol. The molecule has 9 aromatic carbocycles. The molecular weight excluding hydrogens is 966 g/mol. The van der Waals surface area contributed by atoms with Crippen LogP contribution in [-0.2, 0) is 21.1 Å². The van der Waals surface area contributed by atoms with Crippen molar-refractivity contribution in [2.75, 3.05) is 0 Å². The molecule has 0 saturated heterocycles. The van der Waals surface area contributed by atoms with E-state index in [2.05, 4.69) is 235 Å². The van der Waals surface area contributed by atoms with Crippen molar-refractivity contribution >= 4 is 77.5 Å². The number of aromatic nitrogens is 7. The van der Waals surface area contributed by atoms with Crippen LogP contribution in [0.15, 0.2) is 200 Å². The molecule has 0 aliphatic carbocycles. The van der Waals surface area contributed by atoms with E-state index in [1.165, 1.54) is 0 Å². The summed E-state index contributed by atoms with van der Waals surface area (Å²) in [5.74, 6) is 1.68. The van der Waals surface area contributed by atoms with Crippen molar-refractivity contribution in [1.29, 1.82) is 0 Å². The minimum absolute atomic E-state index is 0. The van der Waals surface area contributed by atoms with Crippen molar-refractivity contribution in [3.8, 4) is 39.3 Å². The quantitative estimate of drug-likeness (QED) is 0.161. The van der Waals surface area contributed by atoms with Crippen LogP contribution in [0.4, 0.5) is 0 Å². The van der Waals surface area contributed by atoms with Crippen LogP contribution in [0.5, 0.6) is 0 Å².